The van der Waals surface area contributed by atoms with Gasteiger partial charge >= 0.3 is 0 Å². The Morgan fingerprint density at radius 2 is 1.12 bits per heavy atom. The van der Waals surface area contributed by atoms with Crippen LogP contribution in [0.15, 0.2) is 136 Å². The molecule has 1 aliphatic rings. The molecule has 0 fully saturated rings. The van der Waals surface area contributed by atoms with Crippen LogP contribution in [0.3, 0.4) is 0 Å². The molecule has 34 heavy (non-hydrogen) atoms. The Hall–Kier alpha value is -4.01. The highest BCUT2D eigenvalue weighted by molar-refractivity contribution is 7.99. The molecule has 0 spiro atoms. The van der Waals surface area contributed by atoms with Gasteiger partial charge in [-0.25, -0.2) is 0 Å². The first-order valence-corrected chi connectivity index (χ1v) is 12.3. The Kier molecular flexibility index (Phi) is 4.46. The molecule has 0 aliphatic carbocycles. The predicted molar refractivity (Wildman–Crippen MR) is 142 cm³/mol. The van der Waals surface area contributed by atoms with Crippen LogP contribution < -0.4 is 0 Å². The third-order valence-corrected chi connectivity index (χ3v) is 7.68. The fourth-order valence-corrected chi connectivity index (χ4v) is 6.02. The molecule has 0 saturated carbocycles. The maximum absolute atomic E-state index is 6.40. The average Bonchev–Trinajstić information content (AvgIpc) is 3.40. The highest BCUT2D eigenvalue weighted by Gasteiger charge is 2.21. The largest absolute Gasteiger partial charge is 0.456 e. The van der Waals surface area contributed by atoms with E-state index in [1.54, 1.807) is 0 Å². The monoisotopic (exact) mass is 452 g/mol. The van der Waals surface area contributed by atoms with Crippen molar-refractivity contribution in [1.29, 1.82) is 0 Å². The zero-order chi connectivity index (χ0) is 22.5. The van der Waals surface area contributed by atoms with Crippen LogP contribution in [0.4, 0.5) is 0 Å². The number of rotatable bonds is 3. The molecule has 0 N–H and O–H groups in total. The highest BCUT2D eigenvalue weighted by atomic mass is 32.2. The van der Waals surface area contributed by atoms with Gasteiger partial charge in [0.2, 0.25) is 0 Å². The van der Waals surface area contributed by atoms with E-state index in [2.05, 4.69) is 115 Å². The van der Waals surface area contributed by atoms with E-state index in [1.165, 1.54) is 42.8 Å². The van der Waals surface area contributed by atoms with E-state index in [0.29, 0.717) is 0 Å². The molecule has 2 heterocycles. The Balaban J connectivity index is 1.30. The molecule has 5 aromatic carbocycles. The van der Waals surface area contributed by atoms with Gasteiger partial charge < -0.3 is 4.42 Å². The second-order valence-electron chi connectivity index (χ2n) is 8.54. The molecule has 0 saturated heterocycles. The lowest BCUT2D eigenvalue weighted by Gasteiger charge is -2.21. The third-order valence-electron chi connectivity index (χ3n) is 6.55. The Morgan fingerprint density at radius 1 is 0.412 bits per heavy atom. The van der Waals surface area contributed by atoms with E-state index in [1.807, 2.05) is 17.8 Å². The smallest absolute Gasteiger partial charge is 0.135 e. The van der Waals surface area contributed by atoms with Crippen LogP contribution in [-0.2, 0) is 0 Å². The lowest BCUT2D eigenvalue weighted by atomic mass is 9.94. The summed E-state index contributed by atoms with van der Waals surface area (Å²) < 4.78 is 6.40. The number of fused-ring (bicyclic) bond motifs is 2. The quantitative estimate of drug-likeness (QED) is 0.265. The zero-order valence-corrected chi connectivity index (χ0v) is 19.2. The summed E-state index contributed by atoms with van der Waals surface area (Å²) in [6.45, 7) is 0. The van der Waals surface area contributed by atoms with Crippen molar-refractivity contribution in [3.63, 3.8) is 0 Å². The van der Waals surface area contributed by atoms with Gasteiger partial charge in [0.25, 0.3) is 0 Å². The summed E-state index contributed by atoms with van der Waals surface area (Å²) in [6, 6.07) is 42.9. The number of hydrogen-bond donors (Lipinski definition) is 0. The van der Waals surface area contributed by atoms with Crippen molar-refractivity contribution >= 4 is 22.5 Å². The van der Waals surface area contributed by atoms with Crippen molar-refractivity contribution in [2.24, 2.45) is 0 Å². The SMILES string of the molecule is c1ccc(-c2ccc(-c3ccc(-c4ccc5c6c(cccc46)-c4ccccc4S5)o3)cc2)cc1. The Labute approximate surface area is 202 Å². The first-order chi connectivity index (χ1) is 16.8. The molecule has 0 unspecified atom stereocenters. The van der Waals surface area contributed by atoms with Crippen LogP contribution in [0.5, 0.6) is 0 Å². The molecule has 6 aromatic rings. The Bertz CT molecular complexity index is 1660. The standard InChI is InChI=1S/C32H20OS/c1-2-7-21(8-3-1)22-13-15-23(16-14-22)28-18-19-29(33-28)24-17-20-31-32-26(24)10-6-11-27(32)25-9-4-5-12-30(25)34-31/h1-20H. The van der Waals surface area contributed by atoms with Crippen molar-refractivity contribution in [2.45, 2.75) is 9.79 Å². The first kappa shape index (κ1) is 19.5. The summed E-state index contributed by atoms with van der Waals surface area (Å²) in [4.78, 5) is 2.62. The van der Waals surface area contributed by atoms with Crippen LogP contribution in [0.2, 0.25) is 0 Å². The predicted octanol–water partition coefficient (Wildman–Crippen LogP) is 9.57. The lowest BCUT2D eigenvalue weighted by Crippen LogP contribution is -1.93. The molecule has 1 nitrogen and oxygen atoms in total. The van der Waals surface area contributed by atoms with E-state index in [-0.39, 0.29) is 0 Å². The van der Waals surface area contributed by atoms with Gasteiger partial charge in [-0.2, -0.15) is 0 Å². The summed E-state index contributed by atoms with van der Waals surface area (Å²) in [6.07, 6.45) is 0. The number of furan rings is 1. The van der Waals surface area contributed by atoms with Crippen molar-refractivity contribution in [2.75, 3.05) is 0 Å². The molecular formula is C32H20OS. The number of hydrogen-bond acceptors (Lipinski definition) is 2. The first-order valence-electron chi connectivity index (χ1n) is 11.4. The normalized spacial score (nSPS) is 12.0. The van der Waals surface area contributed by atoms with E-state index in [9.17, 15) is 0 Å². The van der Waals surface area contributed by atoms with Crippen LogP contribution in [0, 0.1) is 0 Å². The van der Waals surface area contributed by atoms with Crippen molar-refractivity contribution < 1.29 is 4.42 Å². The minimum atomic E-state index is 0.884. The maximum atomic E-state index is 6.40. The van der Waals surface area contributed by atoms with Crippen LogP contribution in [0.25, 0.3) is 55.7 Å². The zero-order valence-electron chi connectivity index (χ0n) is 18.4. The van der Waals surface area contributed by atoms with E-state index < -0.39 is 0 Å². The molecule has 2 heteroatoms. The fraction of sp³-hybridized carbons (Fsp3) is 0. The third kappa shape index (κ3) is 3.11. The average molecular weight is 453 g/mol. The van der Waals surface area contributed by atoms with Crippen molar-refractivity contribution in [3.8, 4) is 44.9 Å². The molecule has 7 rings (SSSR count). The topological polar surface area (TPSA) is 13.1 Å². The van der Waals surface area contributed by atoms with Crippen LogP contribution in [-0.4, -0.2) is 0 Å². The maximum Gasteiger partial charge on any atom is 0.135 e. The van der Waals surface area contributed by atoms with E-state index in [4.69, 9.17) is 4.42 Å². The van der Waals surface area contributed by atoms with Crippen molar-refractivity contribution in [3.05, 3.63) is 121 Å². The van der Waals surface area contributed by atoms with Gasteiger partial charge in [-0.05, 0) is 58.0 Å². The van der Waals surface area contributed by atoms with Crippen LogP contribution in [0.1, 0.15) is 0 Å². The lowest BCUT2D eigenvalue weighted by molar-refractivity contribution is 0.598. The molecule has 160 valence electrons. The van der Waals surface area contributed by atoms with Gasteiger partial charge in [-0.15, -0.1) is 0 Å². The van der Waals surface area contributed by atoms with Crippen molar-refractivity contribution in [1.82, 2.24) is 0 Å². The fourth-order valence-electron chi connectivity index (χ4n) is 4.89. The van der Waals surface area contributed by atoms with Gasteiger partial charge in [0.1, 0.15) is 11.5 Å². The molecule has 0 radical (unpaired) electrons. The summed E-state index contributed by atoms with van der Waals surface area (Å²) in [5.74, 6) is 1.78. The molecule has 0 amide bonds. The molecule has 0 bridgehead atoms. The summed E-state index contributed by atoms with van der Waals surface area (Å²) in [5.41, 5.74) is 7.24. The second-order valence-corrected chi connectivity index (χ2v) is 9.63. The second kappa shape index (κ2) is 7.79. The molecule has 1 aliphatic heterocycles. The summed E-state index contributed by atoms with van der Waals surface area (Å²) >= 11 is 1.85. The Morgan fingerprint density at radius 3 is 2.00 bits per heavy atom. The number of benzene rings is 5. The minimum Gasteiger partial charge on any atom is -0.456 e. The minimum absolute atomic E-state index is 0.884. The summed E-state index contributed by atoms with van der Waals surface area (Å²) in [5, 5.41) is 2.55. The molecule has 1 aromatic heterocycles. The van der Waals surface area contributed by atoms with Gasteiger partial charge in [0.05, 0.1) is 0 Å². The van der Waals surface area contributed by atoms with Gasteiger partial charge in [-0.3, -0.25) is 0 Å². The van der Waals surface area contributed by atoms with Gasteiger partial charge in [-0.1, -0.05) is 103 Å². The van der Waals surface area contributed by atoms with Gasteiger partial charge in [0.15, 0.2) is 0 Å². The van der Waals surface area contributed by atoms with E-state index in [0.717, 1.165) is 22.6 Å². The van der Waals surface area contributed by atoms with Gasteiger partial charge in [0, 0.05) is 26.3 Å². The molecule has 0 atom stereocenters. The highest BCUT2D eigenvalue weighted by Crippen LogP contribution is 2.49. The summed E-state index contributed by atoms with van der Waals surface area (Å²) in [7, 11) is 0. The molecular weight excluding hydrogens is 432 g/mol. The van der Waals surface area contributed by atoms with Crippen LogP contribution >= 0.6 is 11.8 Å². The van der Waals surface area contributed by atoms with E-state index >= 15 is 0 Å².